The van der Waals surface area contributed by atoms with Crippen LogP contribution in [-0.2, 0) is 0 Å². The lowest BCUT2D eigenvalue weighted by atomic mass is 10.0. The molecule has 5 nitrogen and oxygen atoms in total. The Hall–Kier alpha value is -1.59. The molecule has 0 aliphatic rings. The summed E-state index contributed by atoms with van der Waals surface area (Å²) in [7, 11) is 0. The molecule has 1 aromatic rings. The Bertz CT molecular complexity index is 394. The Kier molecular flexibility index (Phi) is 4.09. The first-order valence-corrected chi connectivity index (χ1v) is 5.31. The number of hydrogen-bond acceptors (Lipinski definition) is 4. The van der Waals surface area contributed by atoms with Crippen LogP contribution in [0.25, 0.3) is 0 Å². The molecule has 0 unspecified atom stereocenters. The Balaban J connectivity index is 2.90. The molecular weight excluding hydrogens is 220 g/mol. The van der Waals surface area contributed by atoms with E-state index in [2.05, 4.69) is 5.32 Å². The van der Waals surface area contributed by atoms with Crippen LogP contribution in [0.2, 0.25) is 0 Å². The number of amides is 1. The van der Waals surface area contributed by atoms with Crippen LogP contribution < -0.4 is 11.1 Å². The molecule has 0 bridgehead atoms. The lowest BCUT2D eigenvalue weighted by molar-refractivity contribution is 0.0724. The van der Waals surface area contributed by atoms with E-state index >= 15 is 0 Å². The number of benzene rings is 1. The Morgan fingerprint density at radius 2 is 1.94 bits per heavy atom. The SMILES string of the molecule is Cc1cc(N)cc(C(=O)NC(C)(CO)CO)c1. The number of nitrogens with one attached hydrogen (secondary N) is 1. The van der Waals surface area contributed by atoms with Gasteiger partial charge in [-0.15, -0.1) is 0 Å². The summed E-state index contributed by atoms with van der Waals surface area (Å²) in [5, 5.41) is 20.8. The minimum Gasteiger partial charge on any atom is -0.399 e. The average molecular weight is 238 g/mol. The van der Waals surface area contributed by atoms with Crippen molar-refractivity contribution in [1.82, 2.24) is 5.32 Å². The maximum atomic E-state index is 11.9. The number of nitrogens with two attached hydrogens (primary N) is 1. The van der Waals surface area contributed by atoms with Crippen LogP contribution >= 0.6 is 0 Å². The van der Waals surface area contributed by atoms with E-state index in [4.69, 9.17) is 15.9 Å². The number of hydrogen-bond donors (Lipinski definition) is 4. The third-order valence-corrected chi connectivity index (χ3v) is 2.48. The van der Waals surface area contributed by atoms with Crippen molar-refractivity contribution in [1.29, 1.82) is 0 Å². The lowest BCUT2D eigenvalue weighted by Gasteiger charge is -2.26. The van der Waals surface area contributed by atoms with Crippen LogP contribution in [0, 0.1) is 6.92 Å². The zero-order valence-electron chi connectivity index (χ0n) is 10.0. The van der Waals surface area contributed by atoms with Gasteiger partial charge in [0.15, 0.2) is 0 Å². The van der Waals surface area contributed by atoms with Crippen molar-refractivity contribution in [3.05, 3.63) is 29.3 Å². The highest BCUT2D eigenvalue weighted by atomic mass is 16.3. The Labute approximate surface area is 100 Å². The largest absolute Gasteiger partial charge is 0.399 e. The molecule has 94 valence electrons. The Morgan fingerprint density at radius 3 is 2.41 bits per heavy atom. The van der Waals surface area contributed by atoms with Gasteiger partial charge in [0.2, 0.25) is 0 Å². The van der Waals surface area contributed by atoms with Crippen LogP contribution in [-0.4, -0.2) is 34.9 Å². The lowest BCUT2D eigenvalue weighted by Crippen LogP contribution is -2.51. The highest BCUT2D eigenvalue weighted by Crippen LogP contribution is 2.12. The summed E-state index contributed by atoms with van der Waals surface area (Å²) in [4.78, 5) is 11.9. The molecule has 0 radical (unpaired) electrons. The second-order valence-corrected chi connectivity index (χ2v) is 4.46. The molecule has 0 saturated carbocycles. The first kappa shape index (κ1) is 13.5. The number of nitrogen functional groups attached to an aromatic ring is 1. The van der Waals surface area contributed by atoms with Gasteiger partial charge < -0.3 is 21.3 Å². The van der Waals surface area contributed by atoms with E-state index in [0.29, 0.717) is 11.3 Å². The number of aryl methyl sites for hydroxylation is 1. The van der Waals surface area contributed by atoms with Gasteiger partial charge >= 0.3 is 0 Å². The minimum absolute atomic E-state index is 0.337. The standard InChI is InChI=1S/C12H18N2O3/c1-8-3-9(5-10(13)4-8)11(17)14-12(2,6-15)7-16/h3-5,15-16H,6-7,13H2,1-2H3,(H,14,17). The topological polar surface area (TPSA) is 95.6 Å². The second-order valence-electron chi connectivity index (χ2n) is 4.46. The van der Waals surface area contributed by atoms with Crippen LogP contribution in [0.5, 0.6) is 0 Å². The first-order chi connectivity index (χ1) is 7.90. The van der Waals surface area contributed by atoms with E-state index in [1.165, 1.54) is 0 Å². The Morgan fingerprint density at radius 1 is 1.35 bits per heavy atom. The fraction of sp³-hybridized carbons (Fsp3) is 0.417. The third kappa shape index (κ3) is 3.44. The van der Waals surface area contributed by atoms with Gasteiger partial charge in [-0.3, -0.25) is 4.79 Å². The summed E-state index contributed by atoms with van der Waals surface area (Å²) < 4.78 is 0. The molecule has 17 heavy (non-hydrogen) atoms. The molecule has 5 N–H and O–H groups in total. The van der Waals surface area contributed by atoms with Crippen molar-refractivity contribution in [2.75, 3.05) is 18.9 Å². The number of carbonyl (C=O) groups excluding carboxylic acids is 1. The van der Waals surface area contributed by atoms with E-state index in [-0.39, 0.29) is 19.1 Å². The van der Waals surface area contributed by atoms with Crippen molar-refractivity contribution in [3.8, 4) is 0 Å². The van der Waals surface area contributed by atoms with Crippen LogP contribution in [0.4, 0.5) is 5.69 Å². The number of aliphatic hydroxyl groups excluding tert-OH is 2. The number of rotatable bonds is 4. The summed E-state index contributed by atoms with van der Waals surface area (Å²) >= 11 is 0. The van der Waals surface area contributed by atoms with Gasteiger partial charge in [0.25, 0.3) is 5.91 Å². The van der Waals surface area contributed by atoms with Crippen LogP contribution in [0.1, 0.15) is 22.8 Å². The van der Waals surface area contributed by atoms with Gasteiger partial charge in [0.1, 0.15) is 0 Å². The molecular formula is C12H18N2O3. The third-order valence-electron chi connectivity index (χ3n) is 2.48. The van der Waals surface area contributed by atoms with Crippen molar-refractivity contribution >= 4 is 11.6 Å². The van der Waals surface area contributed by atoms with Gasteiger partial charge in [-0.25, -0.2) is 0 Å². The molecule has 0 spiro atoms. The van der Waals surface area contributed by atoms with E-state index in [9.17, 15) is 4.79 Å². The summed E-state index contributed by atoms with van der Waals surface area (Å²) in [5.41, 5.74) is 6.41. The smallest absolute Gasteiger partial charge is 0.251 e. The summed E-state index contributed by atoms with van der Waals surface area (Å²) in [6, 6.07) is 5.01. The number of aliphatic hydroxyl groups is 2. The maximum Gasteiger partial charge on any atom is 0.251 e. The summed E-state index contributed by atoms with van der Waals surface area (Å²) in [6.45, 7) is 2.72. The molecule has 0 fully saturated rings. The molecule has 0 saturated heterocycles. The average Bonchev–Trinajstić information content (AvgIpc) is 2.27. The molecule has 1 aromatic carbocycles. The van der Waals surface area contributed by atoms with Crippen molar-refractivity contribution in [2.24, 2.45) is 0 Å². The van der Waals surface area contributed by atoms with E-state index in [0.717, 1.165) is 5.56 Å². The first-order valence-electron chi connectivity index (χ1n) is 5.31. The monoisotopic (exact) mass is 238 g/mol. The van der Waals surface area contributed by atoms with E-state index < -0.39 is 5.54 Å². The predicted molar refractivity (Wildman–Crippen MR) is 65.6 cm³/mol. The van der Waals surface area contributed by atoms with Crippen LogP contribution in [0.3, 0.4) is 0 Å². The van der Waals surface area contributed by atoms with Crippen molar-refractivity contribution in [2.45, 2.75) is 19.4 Å². The normalized spacial score (nSPS) is 11.3. The zero-order chi connectivity index (χ0) is 13.1. The van der Waals surface area contributed by atoms with Crippen molar-refractivity contribution < 1.29 is 15.0 Å². The van der Waals surface area contributed by atoms with Gasteiger partial charge in [0.05, 0.1) is 18.8 Å². The fourth-order valence-electron chi connectivity index (χ4n) is 1.42. The molecule has 0 aromatic heterocycles. The van der Waals surface area contributed by atoms with Crippen LogP contribution in [0.15, 0.2) is 18.2 Å². The minimum atomic E-state index is -1.03. The zero-order valence-corrected chi connectivity index (χ0v) is 10.0. The van der Waals surface area contributed by atoms with E-state index in [1.807, 2.05) is 6.92 Å². The highest BCUT2D eigenvalue weighted by Gasteiger charge is 2.25. The molecule has 1 rings (SSSR count). The molecule has 1 amide bonds. The quantitative estimate of drug-likeness (QED) is 0.557. The molecule has 0 atom stereocenters. The number of carbonyl (C=O) groups is 1. The number of anilines is 1. The predicted octanol–water partition coefficient (Wildman–Crippen LogP) is 0.0503. The molecule has 5 heteroatoms. The molecule has 0 aliphatic heterocycles. The fourth-order valence-corrected chi connectivity index (χ4v) is 1.42. The van der Waals surface area contributed by atoms with Gasteiger partial charge in [-0.05, 0) is 37.6 Å². The second kappa shape index (κ2) is 5.16. The van der Waals surface area contributed by atoms with Gasteiger partial charge in [-0.1, -0.05) is 0 Å². The van der Waals surface area contributed by atoms with E-state index in [1.54, 1.807) is 25.1 Å². The maximum absolute atomic E-state index is 11.9. The van der Waals surface area contributed by atoms with Gasteiger partial charge in [0, 0.05) is 11.3 Å². The molecule has 0 aliphatic carbocycles. The van der Waals surface area contributed by atoms with Gasteiger partial charge in [-0.2, -0.15) is 0 Å². The molecule has 0 heterocycles. The van der Waals surface area contributed by atoms with Crippen molar-refractivity contribution in [3.63, 3.8) is 0 Å². The summed E-state index contributed by atoms with van der Waals surface area (Å²) in [6.07, 6.45) is 0. The summed E-state index contributed by atoms with van der Waals surface area (Å²) in [5.74, 6) is -0.369. The highest BCUT2D eigenvalue weighted by molar-refractivity contribution is 5.95.